The maximum Gasteiger partial charge on any atom is 0.266 e. The van der Waals surface area contributed by atoms with Crippen LogP contribution >= 0.6 is 11.3 Å². The van der Waals surface area contributed by atoms with Gasteiger partial charge in [0.25, 0.3) is 11.8 Å². The van der Waals surface area contributed by atoms with Crippen molar-refractivity contribution < 1.29 is 23.9 Å². The fourth-order valence-corrected chi connectivity index (χ4v) is 6.93. The number of fused-ring (bicyclic) bond motifs is 1. The quantitative estimate of drug-likeness (QED) is 0.550. The summed E-state index contributed by atoms with van der Waals surface area (Å²) in [7, 11) is 0. The van der Waals surface area contributed by atoms with Crippen LogP contribution in [0.4, 0.5) is 5.13 Å². The van der Waals surface area contributed by atoms with E-state index in [1.165, 1.54) is 35.5 Å². The monoisotopic (exact) mass is 551 g/mol. The van der Waals surface area contributed by atoms with E-state index in [0.29, 0.717) is 42.3 Å². The van der Waals surface area contributed by atoms with Crippen molar-refractivity contribution in [3.05, 3.63) is 40.4 Å². The van der Waals surface area contributed by atoms with Crippen molar-refractivity contribution in [2.45, 2.75) is 70.0 Å². The highest BCUT2D eigenvalue weighted by atomic mass is 32.1. The van der Waals surface area contributed by atoms with Gasteiger partial charge in [-0.25, -0.2) is 4.98 Å². The number of amides is 4. The number of carbonyl (C=O) groups excluding carboxylic acids is 4. The van der Waals surface area contributed by atoms with Crippen LogP contribution in [0.15, 0.2) is 24.4 Å². The van der Waals surface area contributed by atoms with Gasteiger partial charge in [-0.1, -0.05) is 11.3 Å². The van der Waals surface area contributed by atoms with E-state index in [0.717, 1.165) is 43.0 Å². The first kappa shape index (κ1) is 25.8. The minimum atomic E-state index is -0.643. The maximum atomic E-state index is 13.5. The van der Waals surface area contributed by atoms with Crippen LogP contribution < -0.4 is 15.0 Å². The lowest BCUT2D eigenvalue weighted by Gasteiger charge is -2.35. The molecule has 0 spiro atoms. The van der Waals surface area contributed by atoms with Gasteiger partial charge in [0.05, 0.1) is 12.2 Å². The first-order chi connectivity index (χ1) is 19.0. The molecule has 4 aliphatic rings. The highest BCUT2D eigenvalue weighted by Gasteiger charge is 2.39. The SMILES string of the molecule is O=C1CCC(N2Cc3cc(OCC4CCCCN4C(=O)c4cnc(N5CCCCC5)s4)ccc3C2=O)C(=O)N1. The van der Waals surface area contributed by atoms with Crippen molar-refractivity contribution in [1.82, 2.24) is 20.1 Å². The molecule has 6 rings (SSSR count). The predicted molar refractivity (Wildman–Crippen MR) is 145 cm³/mol. The number of thiazole rings is 1. The minimum Gasteiger partial charge on any atom is -0.491 e. The van der Waals surface area contributed by atoms with E-state index >= 15 is 0 Å². The van der Waals surface area contributed by atoms with E-state index in [1.807, 2.05) is 11.0 Å². The fourth-order valence-electron chi connectivity index (χ4n) is 6.01. The summed E-state index contributed by atoms with van der Waals surface area (Å²) in [5, 5.41) is 3.26. The van der Waals surface area contributed by atoms with E-state index in [4.69, 9.17) is 4.74 Å². The van der Waals surface area contributed by atoms with Crippen LogP contribution in [0.3, 0.4) is 0 Å². The number of anilines is 1. The molecule has 3 fully saturated rings. The molecule has 0 saturated carbocycles. The Morgan fingerprint density at radius 1 is 1.05 bits per heavy atom. The molecule has 0 aliphatic carbocycles. The Labute approximate surface area is 231 Å². The summed E-state index contributed by atoms with van der Waals surface area (Å²) in [5.41, 5.74) is 1.35. The lowest BCUT2D eigenvalue weighted by Crippen LogP contribution is -2.52. The Morgan fingerprint density at radius 2 is 1.87 bits per heavy atom. The predicted octanol–water partition coefficient (Wildman–Crippen LogP) is 2.97. The highest BCUT2D eigenvalue weighted by Crippen LogP contribution is 2.32. The zero-order valence-corrected chi connectivity index (χ0v) is 22.7. The van der Waals surface area contributed by atoms with Crippen LogP contribution in [-0.2, 0) is 16.1 Å². The Hall–Kier alpha value is -3.47. The molecule has 2 unspecified atom stereocenters. The molecule has 4 amide bonds. The minimum absolute atomic E-state index is 0.0171. The van der Waals surface area contributed by atoms with E-state index in [-0.39, 0.29) is 30.2 Å². The number of piperidine rings is 3. The number of hydrogen-bond acceptors (Lipinski definition) is 8. The van der Waals surface area contributed by atoms with Crippen LogP contribution in [0.1, 0.15) is 77.0 Å². The third-order valence-corrected chi connectivity index (χ3v) is 9.20. The number of aromatic nitrogens is 1. The number of carbonyl (C=O) groups is 4. The molecule has 206 valence electrons. The summed E-state index contributed by atoms with van der Waals surface area (Å²) in [6, 6.07) is 4.68. The second-order valence-electron chi connectivity index (χ2n) is 10.7. The van der Waals surface area contributed by atoms with Crippen LogP contribution in [0.2, 0.25) is 0 Å². The van der Waals surface area contributed by atoms with Crippen LogP contribution in [-0.4, -0.2) is 76.7 Å². The number of imide groups is 1. The molecule has 11 heteroatoms. The van der Waals surface area contributed by atoms with Crippen molar-refractivity contribution in [3.63, 3.8) is 0 Å². The number of ether oxygens (including phenoxy) is 1. The lowest BCUT2D eigenvalue weighted by molar-refractivity contribution is -0.136. The number of nitrogens with one attached hydrogen (secondary N) is 1. The molecule has 39 heavy (non-hydrogen) atoms. The molecule has 2 atom stereocenters. The number of nitrogens with zero attached hydrogens (tertiary/aromatic N) is 4. The zero-order chi connectivity index (χ0) is 26.9. The third kappa shape index (κ3) is 5.24. The van der Waals surface area contributed by atoms with E-state index in [2.05, 4.69) is 15.2 Å². The molecule has 2 aromatic rings. The highest BCUT2D eigenvalue weighted by molar-refractivity contribution is 7.17. The largest absolute Gasteiger partial charge is 0.491 e. The zero-order valence-electron chi connectivity index (χ0n) is 21.9. The number of hydrogen-bond donors (Lipinski definition) is 1. The van der Waals surface area contributed by atoms with Crippen molar-refractivity contribution >= 4 is 40.1 Å². The maximum absolute atomic E-state index is 13.5. The Morgan fingerprint density at radius 3 is 2.69 bits per heavy atom. The van der Waals surface area contributed by atoms with E-state index < -0.39 is 11.9 Å². The van der Waals surface area contributed by atoms with E-state index in [9.17, 15) is 19.2 Å². The standard InChI is InChI=1S/C28H33N5O5S/c34-24-10-9-22(25(35)30-24)33-16-18-14-20(7-8-21(18)26(33)36)38-17-19-6-2-5-13-32(19)27(37)23-15-29-28(39-23)31-11-3-1-4-12-31/h7-8,14-15,19,22H,1-6,9-13,16-17H2,(H,30,34,35). The van der Waals surface area contributed by atoms with Crippen molar-refractivity contribution in [3.8, 4) is 5.75 Å². The molecule has 1 aromatic heterocycles. The molecular formula is C28H33N5O5S. The second-order valence-corrected chi connectivity index (χ2v) is 11.7. The number of benzene rings is 1. The van der Waals surface area contributed by atoms with Crippen molar-refractivity contribution in [2.75, 3.05) is 31.1 Å². The molecule has 4 aliphatic heterocycles. The molecule has 1 N–H and O–H groups in total. The summed E-state index contributed by atoms with van der Waals surface area (Å²) in [5.74, 6) is -0.277. The van der Waals surface area contributed by atoms with Crippen molar-refractivity contribution in [1.29, 1.82) is 0 Å². The summed E-state index contributed by atoms with van der Waals surface area (Å²) in [4.78, 5) is 61.2. The van der Waals surface area contributed by atoms with Gasteiger partial charge in [0.1, 0.15) is 23.3 Å². The number of rotatable bonds is 6. The van der Waals surface area contributed by atoms with E-state index in [1.54, 1.807) is 18.3 Å². The van der Waals surface area contributed by atoms with Crippen LogP contribution in [0.25, 0.3) is 0 Å². The van der Waals surface area contributed by atoms with Gasteiger partial charge < -0.3 is 19.4 Å². The molecule has 10 nitrogen and oxygen atoms in total. The van der Waals surface area contributed by atoms with Crippen LogP contribution in [0, 0.1) is 0 Å². The normalized spacial score (nSPS) is 23.6. The first-order valence-electron chi connectivity index (χ1n) is 13.9. The van der Waals surface area contributed by atoms with Gasteiger partial charge in [-0.15, -0.1) is 0 Å². The first-order valence-corrected chi connectivity index (χ1v) is 14.7. The summed E-state index contributed by atoms with van der Waals surface area (Å²) < 4.78 is 6.17. The molecular weight excluding hydrogens is 518 g/mol. The molecule has 0 bridgehead atoms. The average molecular weight is 552 g/mol. The van der Waals surface area contributed by atoms with Crippen LogP contribution in [0.5, 0.6) is 5.75 Å². The smallest absolute Gasteiger partial charge is 0.266 e. The van der Waals surface area contributed by atoms with Gasteiger partial charge >= 0.3 is 0 Å². The van der Waals surface area contributed by atoms with Crippen molar-refractivity contribution in [2.24, 2.45) is 0 Å². The topological polar surface area (TPSA) is 112 Å². The lowest BCUT2D eigenvalue weighted by atomic mass is 10.0. The molecule has 3 saturated heterocycles. The Balaban J connectivity index is 1.10. The third-order valence-electron chi connectivity index (χ3n) is 8.16. The van der Waals surface area contributed by atoms with Gasteiger partial charge in [0, 0.05) is 38.2 Å². The van der Waals surface area contributed by atoms with Gasteiger partial charge in [0.2, 0.25) is 11.8 Å². The number of likely N-dealkylation sites (tertiary alicyclic amines) is 1. The Kier molecular flexibility index (Phi) is 7.24. The van der Waals surface area contributed by atoms with Gasteiger partial charge in [-0.05, 0) is 68.7 Å². The fraction of sp³-hybridized carbons (Fsp3) is 0.536. The average Bonchev–Trinajstić information content (AvgIpc) is 3.57. The Bertz CT molecular complexity index is 1290. The van der Waals surface area contributed by atoms with Gasteiger partial charge in [-0.2, -0.15) is 0 Å². The molecule has 1 aromatic carbocycles. The van der Waals surface area contributed by atoms with Gasteiger partial charge in [0.15, 0.2) is 5.13 Å². The van der Waals surface area contributed by atoms with Gasteiger partial charge in [-0.3, -0.25) is 24.5 Å². The summed E-state index contributed by atoms with van der Waals surface area (Å²) in [6.07, 6.45) is 8.74. The summed E-state index contributed by atoms with van der Waals surface area (Å²) in [6.45, 7) is 3.37. The summed E-state index contributed by atoms with van der Waals surface area (Å²) >= 11 is 1.48. The molecule has 5 heterocycles. The molecule has 0 radical (unpaired) electrons. The second kappa shape index (κ2) is 11.0.